The van der Waals surface area contributed by atoms with Gasteiger partial charge >= 0.3 is 0 Å². The molecule has 7 nitrogen and oxygen atoms in total. The van der Waals surface area contributed by atoms with Gasteiger partial charge in [0.05, 0.1) is 12.2 Å². The lowest BCUT2D eigenvalue weighted by atomic mass is 9.88. The molecule has 3 atom stereocenters. The third-order valence-corrected chi connectivity index (χ3v) is 7.91. The highest BCUT2D eigenvalue weighted by Crippen LogP contribution is 2.48. The fraction of sp³-hybridized carbons (Fsp3) is 0.500. The van der Waals surface area contributed by atoms with Crippen molar-refractivity contribution in [2.45, 2.75) is 38.3 Å². The summed E-state index contributed by atoms with van der Waals surface area (Å²) in [5, 5.41) is 4.15. The maximum atomic E-state index is 13.5. The van der Waals surface area contributed by atoms with Gasteiger partial charge in [-0.25, -0.2) is 8.42 Å². The average molecular weight is 403 g/mol. The Morgan fingerprint density at radius 1 is 1.21 bits per heavy atom. The van der Waals surface area contributed by atoms with E-state index in [9.17, 15) is 13.2 Å². The fourth-order valence-electron chi connectivity index (χ4n) is 4.60. The molecular formula is C20H26N4O3S. The maximum absolute atomic E-state index is 13.5. The molecule has 0 unspecified atom stereocenters. The van der Waals surface area contributed by atoms with Gasteiger partial charge in [-0.1, -0.05) is 24.3 Å². The Balaban J connectivity index is 1.76. The first-order valence-corrected chi connectivity index (χ1v) is 11.1. The molecule has 0 bridgehead atoms. The number of hydrogen-bond donors (Lipinski definition) is 0. The lowest BCUT2D eigenvalue weighted by molar-refractivity contribution is -0.128. The van der Waals surface area contributed by atoms with Crippen molar-refractivity contribution in [2.75, 3.05) is 19.6 Å². The second-order valence-corrected chi connectivity index (χ2v) is 9.65. The molecule has 3 heterocycles. The van der Waals surface area contributed by atoms with Crippen molar-refractivity contribution in [3.05, 3.63) is 47.8 Å². The van der Waals surface area contributed by atoms with Crippen molar-refractivity contribution in [3.63, 3.8) is 0 Å². The van der Waals surface area contributed by atoms with E-state index in [0.717, 1.165) is 11.1 Å². The average Bonchev–Trinajstić information content (AvgIpc) is 3.36. The molecule has 4 rings (SSSR count). The van der Waals surface area contributed by atoms with Gasteiger partial charge in [-0.15, -0.1) is 0 Å². The van der Waals surface area contributed by atoms with Crippen molar-refractivity contribution in [3.8, 4) is 0 Å². The predicted octanol–water partition coefficient (Wildman–Crippen LogP) is 2.05. The molecule has 2 aromatic rings. The van der Waals surface area contributed by atoms with E-state index in [1.807, 2.05) is 43.0 Å². The number of hydrogen-bond acceptors (Lipinski definition) is 4. The zero-order valence-corrected chi connectivity index (χ0v) is 17.3. The Hall–Kier alpha value is -2.19. The molecule has 2 saturated heterocycles. The minimum atomic E-state index is -3.68. The number of amides is 1. The normalized spacial score (nSPS) is 25.2. The van der Waals surface area contributed by atoms with E-state index >= 15 is 0 Å². The summed E-state index contributed by atoms with van der Waals surface area (Å²) in [6, 6.07) is 7.67. The topological polar surface area (TPSA) is 75.5 Å². The Morgan fingerprint density at radius 3 is 2.61 bits per heavy atom. The van der Waals surface area contributed by atoms with Crippen LogP contribution in [0.25, 0.3) is 0 Å². The number of likely N-dealkylation sites (tertiary alicyclic amines) is 1. The van der Waals surface area contributed by atoms with E-state index in [1.54, 1.807) is 22.1 Å². The highest BCUT2D eigenvalue weighted by atomic mass is 32.2. The maximum Gasteiger partial charge on any atom is 0.246 e. The lowest BCUT2D eigenvalue weighted by Gasteiger charge is -2.29. The molecule has 150 valence electrons. The van der Waals surface area contributed by atoms with Crippen molar-refractivity contribution < 1.29 is 13.2 Å². The van der Waals surface area contributed by atoms with Gasteiger partial charge in [0.1, 0.15) is 4.90 Å². The third-order valence-electron chi connectivity index (χ3n) is 6.11. The molecule has 0 saturated carbocycles. The minimum Gasteiger partial charge on any atom is -0.342 e. The number of benzene rings is 1. The molecule has 0 N–H and O–H groups in total. The highest BCUT2D eigenvalue weighted by Gasteiger charge is 2.52. The van der Waals surface area contributed by atoms with Crippen LogP contribution in [0, 0.1) is 18.8 Å². The van der Waals surface area contributed by atoms with Crippen LogP contribution in [0.5, 0.6) is 0 Å². The summed E-state index contributed by atoms with van der Waals surface area (Å²) in [4.78, 5) is 14.0. The van der Waals surface area contributed by atoms with E-state index < -0.39 is 10.0 Å². The smallest absolute Gasteiger partial charge is 0.246 e. The number of aryl methyl sites for hydroxylation is 2. The Labute approximate surface area is 166 Å². The first-order chi connectivity index (χ1) is 13.3. The Bertz CT molecular complexity index is 1000. The molecule has 0 aliphatic carbocycles. The summed E-state index contributed by atoms with van der Waals surface area (Å²) in [5.74, 6) is 0.294. The summed E-state index contributed by atoms with van der Waals surface area (Å²) in [7, 11) is -3.68. The van der Waals surface area contributed by atoms with E-state index in [1.165, 1.54) is 6.20 Å². The van der Waals surface area contributed by atoms with Crippen LogP contribution >= 0.6 is 0 Å². The van der Waals surface area contributed by atoms with Gasteiger partial charge in [-0.2, -0.15) is 9.40 Å². The van der Waals surface area contributed by atoms with Gasteiger partial charge in [0.25, 0.3) is 0 Å². The van der Waals surface area contributed by atoms with E-state index in [4.69, 9.17) is 0 Å². The zero-order chi connectivity index (χ0) is 20.1. The van der Waals surface area contributed by atoms with E-state index in [-0.39, 0.29) is 28.7 Å². The van der Waals surface area contributed by atoms with Crippen LogP contribution in [0.15, 0.2) is 41.6 Å². The largest absolute Gasteiger partial charge is 0.342 e. The van der Waals surface area contributed by atoms with Crippen molar-refractivity contribution in [1.29, 1.82) is 0 Å². The summed E-state index contributed by atoms with van der Waals surface area (Å²) in [6.07, 6.45) is 3.03. The highest BCUT2D eigenvalue weighted by molar-refractivity contribution is 7.89. The van der Waals surface area contributed by atoms with Crippen molar-refractivity contribution >= 4 is 15.9 Å². The molecule has 2 aliphatic rings. The van der Waals surface area contributed by atoms with Gasteiger partial charge in [0, 0.05) is 45.2 Å². The predicted molar refractivity (Wildman–Crippen MR) is 105 cm³/mol. The van der Waals surface area contributed by atoms with Crippen LogP contribution in [0.1, 0.15) is 31.0 Å². The summed E-state index contributed by atoms with van der Waals surface area (Å²) in [6.45, 7) is 7.78. The van der Waals surface area contributed by atoms with Gasteiger partial charge in [0.2, 0.25) is 15.9 Å². The van der Waals surface area contributed by atoms with Gasteiger partial charge in [-0.05, 0) is 30.9 Å². The van der Waals surface area contributed by atoms with Crippen LogP contribution in [0.4, 0.5) is 0 Å². The molecule has 28 heavy (non-hydrogen) atoms. The summed E-state index contributed by atoms with van der Waals surface area (Å²) >= 11 is 0. The molecular weight excluding hydrogens is 376 g/mol. The Kier molecular flexibility index (Phi) is 4.79. The van der Waals surface area contributed by atoms with E-state index in [2.05, 4.69) is 5.10 Å². The molecule has 8 heteroatoms. The molecule has 2 aliphatic heterocycles. The zero-order valence-electron chi connectivity index (χ0n) is 16.4. The van der Waals surface area contributed by atoms with Crippen LogP contribution < -0.4 is 0 Å². The molecule has 1 amide bonds. The minimum absolute atomic E-state index is 0.0524. The second-order valence-electron chi connectivity index (χ2n) is 7.76. The van der Waals surface area contributed by atoms with Crippen LogP contribution in [0.2, 0.25) is 0 Å². The van der Waals surface area contributed by atoms with Gasteiger partial charge in [-0.3, -0.25) is 9.48 Å². The molecule has 0 radical (unpaired) electrons. The molecule has 0 spiro atoms. The number of aromatic nitrogens is 2. The number of carbonyl (C=O) groups excluding carboxylic acids is 1. The first kappa shape index (κ1) is 19.1. The SMILES string of the molecule is CCn1cc(S(=O)(=O)N2C[C@@H]3CN(C(C)=O)C[C@@H]3[C@@H]2c2ccccc2C)cn1. The molecule has 2 fully saturated rings. The van der Waals surface area contributed by atoms with Gasteiger partial charge < -0.3 is 4.90 Å². The quantitative estimate of drug-likeness (QED) is 0.784. The number of carbonyl (C=O) groups is 1. The first-order valence-electron chi connectivity index (χ1n) is 9.68. The number of nitrogens with zero attached hydrogens (tertiary/aromatic N) is 4. The number of fused-ring (bicyclic) bond motifs is 1. The van der Waals surface area contributed by atoms with Crippen molar-refractivity contribution in [1.82, 2.24) is 19.0 Å². The summed E-state index contributed by atoms with van der Waals surface area (Å²) in [5.41, 5.74) is 2.09. The molecule has 1 aromatic heterocycles. The number of sulfonamides is 1. The van der Waals surface area contributed by atoms with Gasteiger partial charge in [0.15, 0.2) is 0 Å². The fourth-order valence-corrected chi connectivity index (χ4v) is 6.26. The van der Waals surface area contributed by atoms with Crippen LogP contribution in [-0.4, -0.2) is 52.9 Å². The standard InChI is InChI=1S/C20H26N4O3S/c1-4-23-12-17(9-21-23)28(26,27)24-11-16-10-22(15(3)25)13-19(16)20(24)18-8-6-5-7-14(18)2/h5-9,12,16,19-20H,4,10-11,13H2,1-3H3/t16-,19-,20-/m0/s1. The monoisotopic (exact) mass is 402 g/mol. The van der Waals surface area contributed by atoms with Crippen LogP contribution in [0.3, 0.4) is 0 Å². The Morgan fingerprint density at radius 2 is 1.96 bits per heavy atom. The summed E-state index contributed by atoms with van der Waals surface area (Å²) < 4.78 is 30.3. The van der Waals surface area contributed by atoms with E-state index in [0.29, 0.717) is 26.2 Å². The third kappa shape index (κ3) is 3.04. The molecule has 1 aromatic carbocycles. The lowest BCUT2D eigenvalue weighted by Crippen LogP contribution is -2.37. The van der Waals surface area contributed by atoms with Crippen LogP contribution in [-0.2, 0) is 21.4 Å². The second kappa shape index (κ2) is 7.00. The van der Waals surface area contributed by atoms with Crippen molar-refractivity contribution in [2.24, 2.45) is 11.8 Å². The number of rotatable bonds is 4.